The number of ether oxygens (including phenoxy) is 2. The van der Waals surface area contributed by atoms with Crippen molar-refractivity contribution >= 4 is 17.6 Å². The van der Waals surface area contributed by atoms with E-state index in [4.69, 9.17) is 19.6 Å². The van der Waals surface area contributed by atoms with Gasteiger partial charge in [-0.25, -0.2) is 23.7 Å². The van der Waals surface area contributed by atoms with Gasteiger partial charge in [0.15, 0.2) is 5.65 Å². The zero-order chi connectivity index (χ0) is 24.9. The first kappa shape index (κ1) is 23.3. The summed E-state index contributed by atoms with van der Waals surface area (Å²) >= 11 is 0. The molecule has 1 aliphatic carbocycles. The Kier molecular flexibility index (Phi) is 5.77. The Morgan fingerprint density at radius 3 is 2.66 bits per heavy atom. The van der Waals surface area contributed by atoms with Gasteiger partial charge in [0.05, 0.1) is 31.6 Å². The van der Waals surface area contributed by atoms with Crippen LogP contribution >= 0.6 is 0 Å². The molecule has 2 fully saturated rings. The number of hydrogen-bond acceptors (Lipinski definition) is 7. The molecular weight excluding hydrogens is 451 g/mol. The van der Waals surface area contributed by atoms with Crippen molar-refractivity contribution in [3.8, 4) is 17.1 Å². The first-order chi connectivity index (χ1) is 16.6. The number of carbonyl (C=O) groups is 1. The molecule has 1 saturated carbocycles. The van der Waals surface area contributed by atoms with E-state index in [1.165, 1.54) is 4.90 Å². The minimum atomic E-state index is -1.24. The molecule has 0 aromatic carbocycles. The summed E-state index contributed by atoms with van der Waals surface area (Å²) in [6.07, 6.45) is 2.19. The standard InChI is InChI=1S/C25H31FN6O3/c1-14-8-17(19-11-27-22-10-20(34-5)23(15-6-7-15)30-32(19)22)28-21(9-14)29-18-13-31(12-16(18)26)24(33)35-25(2,3)4/h8-11,15-16,18H,6-7,12-13H2,1-5H3,(H,28,29)/t16-,18-/m0/s1. The molecule has 35 heavy (non-hydrogen) atoms. The maximum absolute atomic E-state index is 14.8. The van der Waals surface area contributed by atoms with E-state index in [0.717, 1.165) is 35.5 Å². The Balaban J connectivity index is 1.40. The molecular formula is C25H31FN6O3. The van der Waals surface area contributed by atoms with Crippen molar-refractivity contribution in [2.24, 2.45) is 0 Å². The highest BCUT2D eigenvalue weighted by molar-refractivity contribution is 5.69. The molecule has 1 amide bonds. The number of halogens is 1. The molecule has 0 radical (unpaired) electrons. The van der Waals surface area contributed by atoms with Crippen LogP contribution in [0.5, 0.6) is 5.75 Å². The van der Waals surface area contributed by atoms with E-state index in [2.05, 4.69) is 10.3 Å². The average Bonchev–Trinajstić information content (AvgIpc) is 3.44. The number of amides is 1. The highest BCUT2D eigenvalue weighted by Crippen LogP contribution is 2.43. The van der Waals surface area contributed by atoms with E-state index in [9.17, 15) is 9.18 Å². The number of carbonyl (C=O) groups excluding carboxylic acids is 1. The Morgan fingerprint density at radius 2 is 1.97 bits per heavy atom. The largest absolute Gasteiger partial charge is 0.495 e. The lowest BCUT2D eigenvalue weighted by atomic mass is 10.2. The van der Waals surface area contributed by atoms with Crippen LogP contribution in [-0.4, -0.2) is 68.6 Å². The number of aryl methyl sites for hydroxylation is 1. The molecule has 2 aliphatic rings. The third-order valence-corrected chi connectivity index (χ3v) is 6.13. The Bertz CT molecular complexity index is 1270. The number of nitrogens with zero attached hydrogens (tertiary/aromatic N) is 5. The van der Waals surface area contributed by atoms with Crippen LogP contribution < -0.4 is 10.1 Å². The van der Waals surface area contributed by atoms with Gasteiger partial charge in [-0.2, -0.15) is 5.10 Å². The molecule has 1 aliphatic heterocycles. The van der Waals surface area contributed by atoms with E-state index in [1.807, 2.05) is 25.1 Å². The molecule has 0 unspecified atom stereocenters. The fourth-order valence-corrected chi connectivity index (χ4v) is 4.33. The van der Waals surface area contributed by atoms with E-state index >= 15 is 0 Å². The predicted molar refractivity (Wildman–Crippen MR) is 130 cm³/mol. The van der Waals surface area contributed by atoms with Gasteiger partial charge >= 0.3 is 6.09 Å². The van der Waals surface area contributed by atoms with E-state index in [0.29, 0.717) is 23.1 Å². The maximum Gasteiger partial charge on any atom is 0.410 e. The van der Waals surface area contributed by atoms with Gasteiger partial charge in [-0.05, 0) is 58.2 Å². The van der Waals surface area contributed by atoms with Gasteiger partial charge in [0.2, 0.25) is 0 Å². The van der Waals surface area contributed by atoms with Crippen LogP contribution in [0.2, 0.25) is 0 Å². The molecule has 186 valence electrons. The van der Waals surface area contributed by atoms with Gasteiger partial charge in [-0.15, -0.1) is 0 Å². The van der Waals surface area contributed by atoms with Crippen LogP contribution in [-0.2, 0) is 4.74 Å². The lowest BCUT2D eigenvalue weighted by Crippen LogP contribution is -2.36. The summed E-state index contributed by atoms with van der Waals surface area (Å²) in [6.45, 7) is 7.51. The minimum absolute atomic E-state index is 0.0196. The van der Waals surface area contributed by atoms with Gasteiger partial charge in [0, 0.05) is 18.5 Å². The van der Waals surface area contributed by atoms with Crippen molar-refractivity contribution in [2.45, 2.75) is 64.3 Å². The van der Waals surface area contributed by atoms with Gasteiger partial charge in [-0.3, -0.25) is 0 Å². The minimum Gasteiger partial charge on any atom is -0.495 e. The zero-order valence-corrected chi connectivity index (χ0v) is 20.7. The molecule has 1 saturated heterocycles. The fourth-order valence-electron chi connectivity index (χ4n) is 4.33. The summed E-state index contributed by atoms with van der Waals surface area (Å²) in [5.74, 6) is 1.69. The predicted octanol–water partition coefficient (Wildman–Crippen LogP) is 4.36. The second-order valence-corrected chi connectivity index (χ2v) is 10.4. The molecule has 0 bridgehead atoms. The van der Waals surface area contributed by atoms with E-state index < -0.39 is 23.9 Å². The van der Waals surface area contributed by atoms with Crippen LogP contribution in [0.3, 0.4) is 0 Å². The van der Waals surface area contributed by atoms with Crippen molar-refractivity contribution in [1.82, 2.24) is 24.5 Å². The molecule has 4 heterocycles. The van der Waals surface area contributed by atoms with Crippen LogP contribution in [0.4, 0.5) is 15.0 Å². The SMILES string of the molecule is COc1cc2ncc(-c3cc(C)cc(N[C@H]4CN(C(=O)OC(C)(C)C)C[C@@H]4F)n3)n2nc1C1CC1. The normalized spacial score (nSPS) is 20.3. The van der Waals surface area contributed by atoms with Crippen molar-refractivity contribution in [3.05, 3.63) is 35.7 Å². The van der Waals surface area contributed by atoms with Crippen LogP contribution in [0.15, 0.2) is 24.4 Å². The number of anilines is 1. The quantitative estimate of drug-likeness (QED) is 0.578. The molecule has 0 spiro atoms. The summed E-state index contributed by atoms with van der Waals surface area (Å²) < 4.78 is 27.5. The summed E-state index contributed by atoms with van der Waals surface area (Å²) in [5, 5.41) is 8.01. The number of fused-ring (bicyclic) bond motifs is 1. The summed E-state index contributed by atoms with van der Waals surface area (Å²) in [5.41, 5.74) is 3.35. The van der Waals surface area contributed by atoms with Gasteiger partial charge in [0.1, 0.15) is 34.7 Å². The zero-order valence-electron chi connectivity index (χ0n) is 20.7. The number of pyridine rings is 1. The van der Waals surface area contributed by atoms with Crippen molar-refractivity contribution in [1.29, 1.82) is 0 Å². The monoisotopic (exact) mass is 482 g/mol. The first-order valence-corrected chi connectivity index (χ1v) is 11.9. The average molecular weight is 483 g/mol. The molecule has 1 N–H and O–H groups in total. The lowest BCUT2D eigenvalue weighted by molar-refractivity contribution is 0.0283. The summed E-state index contributed by atoms with van der Waals surface area (Å²) in [7, 11) is 1.65. The first-order valence-electron chi connectivity index (χ1n) is 11.9. The van der Waals surface area contributed by atoms with Gasteiger partial charge in [-0.1, -0.05) is 0 Å². The Hall–Kier alpha value is -3.43. The molecule has 5 rings (SSSR count). The number of imidazole rings is 1. The smallest absolute Gasteiger partial charge is 0.410 e. The number of methoxy groups -OCH3 is 1. The summed E-state index contributed by atoms with van der Waals surface area (Å²) in [6, 6.07) is 5.13. The van der Waals surface area contributed by atoms with Crippen LogP contribution in [0.25, 0.3) is 17.0 Å². The van der Waals surface area contributed by atoms with Crippen LogP contribution in [0, 0.1) is 6.92 Å². The Labute approximate surface area is 203 Å². The maximum atomic E-state index is 14.8. The topological polar surface area (TPSA) is 93.9 Å². The second-order valence-electron chi connectivity index (χ2n) is 10.4. The van der Waals surface area contributed by atoms with Gasteiger partial charge in [0.25, 0.3) is 0 Å². The van der Waals surface area contributed by atoms with Crippen molar-refractivity contribution < 1.29 is 18.7 Å². The number of aromatic nitrogens is 4. The third-order valence-electron chi connectivity index (χ3n) is 6.13. The number of alkyl halides is 1. The number of hydrogen-bond donors (Lipinski definition) is 1. The number of rotatable bonds is 5. The van der Waals surface area contributed by atoms with E-state index in [-0.39, 0.29) is 13.1 Å². The molecule has 9 nitrogen and oxygen atoms in total. The number of likely N-dealkylation sites (tertiary alicyclic amines) is 1. The second kappa shape index (κ2) is 8.66. The number of nitrogens with one attached hydrogen (secondary N) is 1. The van der Waals surface area contributed by atoms with Gasteiger partial charge < -0.3 is 19.7 Å². The fraction of sp³-hybridized carbons (Fsp3) is 0.520. The molecule has 2 atom stereocenters. The highest BCUT2D eigenvalue weighted by Gasteiger charge is 2.37. The van der Waals surface area contributed by atoms with E-state index in [1.54, 1.807) is 38.6 Å². The summed E-state index contributed by atoms with van der Waals surface area (Å²) in [4.78, 5) is 23.0. The highest BCUT2D eigenvalue weighted by atomic mass is 19.1. The lowest BCUT2D eigenvalue weighted by Gasteiger charge is -2.24. The molecule has 3 aromatic rings. The Morgan fingerprint density at radius 1 is 1.20 bits per heavy atom. The van der Waals surface area contributed by atoms with Crippen LogP contribution in [0.1, 0.15) is 50.8 Å². The molecule has 3 aromatic heterocycles. The molecule has 10 heteroatoms. The van der Waals surface area contributed by atoms with Crippen molar-refractivity contribution in [2.75, 3.05) is 25.5 Å². The van der Waals surface area contributed by atoms with Crippen molar-refractivity contribution in [3.63, 3.8) is 0 Å². The third kappa shape index (κ3) is 4.87.